The zero-order chi connectivity index (χ0) is 19.5. The predicted molar refractivity (Wildman–Crippen MR) is 110 cm³/mol. The van der Waals surface area contributed by atoms with E-state index in [1.165, 1.54) is 12.8 Å². The molecule has 144 valence electrons. The second-order valence-corrected chi connectivity index (χ2v) is 7.29. The second kappa shape index (κ2) is 7.98. The number of fused-ring (bicyclic) bond motifs is 1. The van der Waals surface area contributed by atoms with Crippen molar-refractivity contribution in [2.45, 2.75) is 26.4 Å². The van der Waals surface area contributed by atoms with Crippen molar-refractivity contribution in [3.63, 3.8) is 0 Å². The Kier molecular flexibility index (Phi) is 5.26. The molecule has 28 heavy (non-hydrogen) atoms. The molecule has 0 radical (unpaired) electrons. The Morgan fingerprint density at radius 1 is 1.18 bits per heavy atom. The fraction of sp³-hybridized carbons (Fsp3) is 0.304. The first kappa shape index (κ1) is 18.4. The van der Waals surface area contributed by atoms with Gasteiger partial charge in [-0.25, -0.2) is 0 Å². The molecule has 0 unspecified atom stereocenters. The van der Waals surface area contributed by atoms with Crippen molar-refractivity contribution in [1.29, 1.82) is 0 Å². The van der Waals surface area contributed by atoms with E-state index >= 15 is 0 Å². The third-order valence-corrected chi connectivity index (χ3v) is 4.96. The van der Waals surface area contributed by atoms with Gasteiger partial charge in [-0.05, 0) is 61.6 Å². The smallest absolute Gasteiger partial charge is 0.257 e. The highest BCUT2D eigenvalue weighted by molar-refractivity contribution is 6.06. The van der Waals surface area contributed by atoms with Crippen LogP contribution in [-0.4, -0.2) is 24.6 Å². The maximum absolute atomic E-state index is 12.8. The molecule has 0 atom stereocenters. The number of carbonyl (C=O) groups excluding carboxylic acids is 1. The number of ether oxygens (including phenoxy) is 2. The summed E-state index contributed by atoms with van der Waals surface area (Å²) in [6.45, 7) is 3.23. The number of aromatic nitrogens is 1. The van der Waals surface area contributed by atoms with Crippen LogP contribution >= 0.6 is 0 Å². The van der Waals surface area contributed by atoms with Crippen LogP contribution in [0.2, 0.25) is 0 Å². The van der Waals surface area contributed by atoms with Crippen LogP contribution in [0.5, 0.6) is 5.75 Å². The topological polar surface area (TPSA) is 60.5 Å². The highest BCUT2D eigenvalue weighted by Crippen LogP contribution is 2.29. The molecule has 2 aromatic carbocycles. The molecule has 1 N–H and O–H groups in total. The fourth-order valence-electron chi connectivity index (χ4n) is 3.17. The molecule has 3 aromatic rings. The van der Waals surface area contributed by atoms with Gasteiger partial charge < -0.3 is 14.8 Å². The minimum atomic E-state index is -0.168. The van der Waals surface area contributed by atoms with Gasteiger partial charge in [0.05, 0.1) is 30.5 Å². The number of hydrogen-bond acceptors (Lipinski definition) is 4. The molecule has 5 nitrogen and oxygen atoms in total. The third kappa shape index (κ3) is 4.31. The average molecular weight is 376 g/mol. The summed E-state index contributed by atoms with van der Waals surface area (Å²) >= 11 is 0. The van der Waals surface area contributed by atoms with E-state index in [9.17, 15) is 4.79 Å². The summed E-state index contributed by atoms with van der Waals surface area (Å²) in [4.78, 5) is 17.4. The number of anilines is 1. The number of nitrogens with zero attached hydrogens (tertiary/aromatic N) is 1. The van der Waals surface area contributed by atoms with Crippen molar-refractivity contribution >= 4 is 22.5 Å². The van der Waals surface area contributed by atoms with E-state index in [2.05, 4.69) is 10.3 Å². The number of carbonyl (C=O) groups is 1. The van der Waals surface area contributed by atoms with E-state index in [1.807, 2.05) is 55.5 Å². The summed E-state index contributed by atoms with van der Waals surface area (Å²) in [6, 6.07) is 15.3. The summed E-state index contributed by atoms with van der Waals surface area (Å²) in [5.74, 6) is 1.32. The number of nitrogens with one attached hydrogen (secondary N) is 1. The molecular formula is C23H24N2O3. The Labute approximate surface area is 164 Å². The summed E-state index contributed by atoms with van der Waals surface area (Å²) in [5, 5.41) is 3.88. The molecule has 1 fully saturated rings. The van der Waals surface area contributed by atoms with Crippen LogP contribution in [0.25, 0.3) is 10.9 Å². The molecule has 1 aliphatic rings. The van der Waals surface area contributed by atoms with Crippen LogP contribution in [0, 0.1) is 12.8 Å². The highest BCUT2D eigenvalue weighted by atomic mass is 16.5. The van der Waals surface area contributed by atoms with Crippen molar-refractivity contribution in [3.8, 4) is 5.75 Å². The van der Waals surface area contributed by atoms with Crippen LogP contribution < -0.4 is 10.1 Å². The van der Waals surface area contributed by atoms with Crippen molar-refractivity contribution in [1.82, 2.24) is 4.98 Å². The lowest BCUT2D eigenvalue weighted by atomic mass is 10.1. The third-order valence-electron chi connectivity index (χ3n) is 4.96. The standard InChI is InChI=1S/C23H24N2O3/c1-15-21(11-18-8-9-20(27-2)12-22(18)24-15)23(26)25-19-5-3-4-17(10-19)14-28-13-16-6-7-16/h3-5,8-12,16H,6-7,13-14H2,1-2H3,(H,25,26). The van der Waals surface area contributed by atoms with Gasteiger partial charge in [-0.3, -0.25) is 9.78 Å². The lowest BCUT2D eigenvalue weighted by Crippen LogP contribution is -2.14. The monoisotopic (exact) mass is 376 g/mol. The largest absolute Gasteiger partial charge is 0.497 e. The zero-order valence-electron chi connectivity index (χ0n) is 16.2. The van der Waals surface area contributed by atoms with E-state index in [4.69, 9.17) is 9.47 Å². The lowest BCUT2D eigenvalue weighted by molar-refractivity contribution is 0.102. The molecule has 0 aliphatic heterocycles. The summed E-state index contributed by atoms with van der Waals surface area (Å²) in [7, 11) is 1.63. The van der Waals surface area contributed by atoms with E-state index < -0.39 is 0 Å². The van der Waals surface area contributed by atoms with Gasteiger partial charge in [0.1, 0.15) is 5.75 Å². The molecule has 0 spiro atoms. The van der Waals surface area contributed by atoms with Gasteiger partial charge in [0.2, 0.25) is 0 Å². The van der Waals surface area contributed by atoms with Gasteiger partial charge in [0.15, 0.2) is 0 Å². The van der Waals surface area contributed by atoms with Crippen molar-refractivity contribution in [3.05, 3.63) is 65.4 Å². The maximum atomic E-state index is 12.8. The first-order valence-electron chi connectivity index (χ1n) is 9.56. The Hall–Kier alpha value is -2.92. The lowest BCUT2D eigenvalue weighted by Gasteiger charge is -2.11. The molecule has 4 rings (SSSR count). The molecular weight excluding hydrogens is 352 g/mol. The number of benzene rings is 2. The molecule has 0 bridgehead atoms. The number of rotatable bonds is 7. The molecule has 5 heteroatoms. The Morgan fingerprint density at radius 2 is 2.04 bits per heavy atom. The van der Waals surface area contributed by atoms with E-state index in [-0.39, 0.29) is 5.91 Å². The number of amides is 1. The van der Waals surface area contributed by atoms with Gasteiger partial charge in [-0.2, -0.15) is 0 Å². The predicted octanol–water partition coefficient (Wildman–Crippen LogP) is 4.73. The Bertz CT molecular complexity index is 1010. The van der Waals surface area contributed by atoms with E-state index in [1.54, 1.807) is 7.11 Å². The quantitative estimate of drug-likeness (QED) is 0.647. The molecule has 1 aromatic heterocycles. The SMILES string of the molecule is COc1ccc2cc(C(=O)Nc3cccc(COCC4CC4)c3)c(C)nc2c1. The second-order valence-electron chi connectivity index (χ2n) is 7.29. The minimum Gasteiger partial charge on any atom is -0.497 e. The minimum absolute atomic E-state index is 0.168. The summed E-state index contributed by atoms with van der Waals surface area (Å²) < 4.78 is 11.0. The molecule has 1 aliphatic carbocycles. The van der Waals surface area contributed by atoms with Crippen LogP contribution in [0.4, 0.5) is 5.69 Å². The maximum Gasteiger partial charge on any atom is 0.257 e. The van der Waals surface area contributed by atoms with Gasteiger partial charge in [-0.1, -0.05) is 12.1 Å². The number of methoxy groups -OCH3 is 1. The molecule has 1 heterocycles. The van der Waals surface area contributed by atoms with Crippen LogP contribution in [0.1, 0.15) is 34.5 Å². The van der Waals surface area contributed by atoms with E-state index in [0.717, 1.165) is 40.4 Å². The highest BCUT2D eigenvalue weighted by Gasteiger charge is 2.21. The van der Waals surface area contributed by atoms with Crippen LogP contribution in [-0.2, 0) is 11.3 Å². The number of aryl methyl sites for hydroxylation is 1. The van der Waals surface area contributed by atoms with Crippen molar-refractivity contribution in [2.24, 2.45) is 5.92 Å². The summed E-state index contributed by atoms with van der Waals surface area (Å²) in [6.07, 6.45) is 2.56. The van der Waals surface area contributed by atoms with Gasteiger partial charge in [-0.15, -0.1) is 0 Å². The van der Waals surface area contributed by atoms with Gasteiger partial charge >= 0.3 is 0 Å². The Balaban J connectivity index is 1.49. The first-order chi connectivity index (χ1) is 13.6. The number of pyridine rings is 1. The molecule has 1 amide bonds. The molecule has 1 saturated carbocycles. The normalized spacial score (nSPS) is 13.5. The van der Waals surface area contributed by atoms with Gasteiger partial charge in [0, 0.05) is 23.7 Å². The van der Waals surface area contributed by atoms with Crippen molar-refractivity contribution < 1.29 is 14.3 Å². The first-order valence-corrected chi connectivity index (χ1v) is 9.56. The summed E-state index contributed by atoms with van der Waals surface area (Å²) in [5.41, 5.74) is 3.86. The van der Waals surface area contributed by atoms with Crippen LogP contribution in [0.15, 0.2) is 48.5 Å². The van der Waals surface area contributed by atoms with E-state index in [0.29, 0.717) is 17.9 Å². The van der Waals surface area contributed by atoms with Crippen LogP contribution in [0.3, 0.4) is 0 Å². The van der Waals surface area contributed by atoms with Gasteiger partial charge in [0.25, 0.3) is 5.91 Å². The number of hydrogen-bond donors (Lipinski definition) is 1. The molecule has 0 saturated heterocycles. The average Bonchev–Trinajstić information content (AvgIpc) is 3.51. The Morgan fingerprint density at radius 3 is 2.82 bits per heavy atom. The fourth-order valence-corrected chi connectivity index (χ4v) is 3.17. The van der Waals surface area contributed by atoms with Crippen molar-refractivity contribution in [2.75, 3.05) is 19.0 Å². The zero-order valence-corrected chi connectivity index (χ0v) is 16.2.